The second-order valence-electron chi connectivity index (χ2n) is 6.61. The van der Waals surface area contributed by atoms with Crippen LogP contribution in [0.25, 0.3) is 0 Å². The van der Waals surface area contributed by atoms with Crippen molar-refractivity contribution in [3.63, 3.8) is 0 Å². The minimum absolute atomic E-state index is 0.0842. The summed E-state index contributed by atoms with van der Waals surface area (Å²) in [5.74, 6) is 1.62. The molecule has 0 spiro atoms. The summed E-state index contributed by atoms with van der Waals surface area (Å²) in [5.41, 5.74) is 2.22. The Kier molecular flexibility index (Phi) is 7.72. The fourth-order valence-corrected chi connectivity index (χ4v) is 2.61. The Hall–Kier alpha value is -2.28. The fourth-order valence-electron chi connectivity index (χ4n) is 2.61. The van der Waals surface area contributed by atoms with Crippen LogP contribution in [0.15, 0.2) is 23.2 Å². The van der Waals surface area contributed by atoms with Gasteiger partial charge in [0.1, 0.15) is 11.9 Å². The van der Waals surface area contributed by atoms with Crippen molar-refractivity contribution < 1.29 is 14.3 Å². The van der Waals surface area contributed by atoms with E-state index in [0.29, 0.717) is 32.1 Å². The Labute approximate surface area is 155 Å². The van der Waals surface area contributed by atoms with E-state index in [1.54, 1.807) is 26.0 Å². The number of ether oxygens (including phenoxy) is 2. The topological polar surface area (TPSA) is 75.2 Å². The highest BCUT2D eigenvalue weighted by Gasteiger charge is 2.18. The highest BCUT2D eigenvalue weighted by atomic mass is 16.5. The molecule has 144 valence electrons. The van der Waals surface area contributed by atoms with Crippen LogP contribution in [0, 0.1) is 6.92 Å². The molecule has 7 heteroatoms. The summed E-state index contributed by atoms with van der Waals surface area (Å²) in [6.07, 6.45) is 1.46. The lowest BCUT2D eigenvalue weighted by molar-refractivity contribution is -0.128. The molecular formula is C19H30N4O3. The second kappa shape index (κ2) is 10.0. The number of amides is 1. The highest BCUT2D eigenvalue weighted by molar-refractivity contribution is 5.81. The standard InChI is InChI=1S/C19H30N4O3/c1-14-5-6-15(17(11-14)26-16-8-10-25-13-16)12-22-19(20-2)21-9-7-18(24)23(3)4/h5-6,11,16H,7-10,12-13H2,1-4H3,(H2,20,21,22). The third kappa shape index (κ3) is 6.22. The quantitative estimate of drug-likeness (QED) is 0.565. The van der Waals surface area contributed by atoms with Gasteiger partial charge in [0.15, 0.2) is 5.96 Å². The summed E-state index contributed by atoms with van der Waals surface area (Å²) < 4.78 is 11.5. The summed E-state index contributed by atoms with van der Waals surface area (Å²) in [4.78, 5) is 17.4. The first-order valence-electron chi connectivity index (χ1n) is 8.98. The minimum atomic E-state index is 0.0842. The molecule has 1 saturated heterocycles. The van der Waals surface area contributed by atoms with Crippen molar-refractivity contribution in [3.8, 4) is 5.75 Å². The number of hydrogen-bond acceptors (Lipinski definition) is 4. The fraction of sp³-hybridized carbons (Fsp3) is 0.579. The predicted molar refractivity (Wildman–Crippen MR) is 103 cm³/mol. The highest BCUT2D eigenvalue weighted by Crippen LogP contribution is 2.23. The molecule has 0 bridgehead atoms. The van der Waals surface area contributed by atoms with Gasteiger partial charge in [0, 0.05) is 52.6 Å². The Morgan fingerprint density at radius 3 is 2.85 bits per heavy atom. The second-order valence-corrected chi connectivity index (χ2v) is 6.61. The van der Waals surface area contributed by atoms with Crippen molar-refractivity contribution in [1.29, 1.82) is 0 Å². The Morgan fingerprint density at radius 2 is 2.19 bits per heavy atom. The first-order valence-corrected chi connectivity index (χ1v) is 8.98. The van der Waals surface area contributed by atoms with Gasteiger partial charge in [-0.2, -0.15) is 0 Å². The Bertz CT molecular complexity index is 625. The van der Waals surface area contributed by atoms with Crippen LogP contribution < -0.4 is 15.4 Å². The zero-order chi connectivity index (χ0) is 18.9. The van der Waals surface area contributed by atoms with E-state index in [1.165, 1.54) is 0 Å². The van der Waals surface area contributed by atoms with Gasteiger partial charge in [0.2, 0.25) is 5.91 Å². The Morgan fingerprint density at radius 1 is 1.38 bits per heavy atom. The van der Waals surface area contributed by atoms with Gasteiger partial charge in [-0.1, -0.05) is 12.1 Å². The van der Waals surface area contributed by atoms with E-state index in [2.05, 4.69) is 40.7 Å². The van der Waals surface area contributed by atoms with E-state index >= 15 is 0 Å². The van der Waals surface area contributed by atoms with E-state index < -0.39 is 0 Å². The molecule has 0 aliphatic carbocycles. The van der Waals surface area contributed by atoms with Gasteiger partial charge in [0.25, 0.3) is 0 Å². The van der Waals surface area contributed by atoms with E-state index in [0.717, 1.165) is 29.9 Å². The molecule has 1 heterocycles. The lowest BCUT2D eigenvalue weighted by atomic mass is 10.1. The van der Waals surface area contributed by atoms with E-state index in [4.69, 9.17) is 9.47 Å². The molecule has 0 saturated carbocycles. The number of aliphatic imine (C=N–C) groups is 1. The average Bonchev–Trinajstić information content (AvgIpc) is 3.12. The summed E-state index contributed by atoms with van der Waals surface area (Å²) in [7, 11) is 5.22. The van der Waals surface area contributed by atoms with Gasteiger partial charge < -0.3 is 25.0 Å². The molecule has 2 rings (SSSR count). The molecule has 1 unspecified atom stereocenters. The van der Waals surface area contributed by atoms with E-state index in [9.17, 15) is 4.79 Å². The Balaban J connectivity index is 1.89. The number of rotatable bonds is 7. The average molecular weight is 362 g/mol. The lowest BCUT2D eigenvalue weighted by Gasteiger charge is -2.18. The van der Waals surface area contributed by atoms with Gasteiger partial charge in [-0.15, -0.1) is 0 Å². The zero-order valence-corrected chi connectivity index (χ0v) is 16.2. The molecule has 1 aromatic rings. The molecular weight excluding hydrogens is 332 g/mol. The minimum Gasteiger partial charge on any atom is -0.488 e. The molecule has 0 radical (unpaired) electrons. The monoisotopic (exact) mass is 362 g/mol. The molecule has 1 aromatic carbocycles. The van der Waals surface area contributed by atoms with Crippen LogP contribution in [-0.4, -0.2) is 63.8 Å². The predicted octanol–water partition coefficient (Wildman–Crippen LogP) is 1.31. The van der Waals surface area contributed by atoms with Crippen LogP contribution in [0.4, 0.5) is 0 Å². The van der Waals surface area contributed by atoms with Crippen molar-refractivity contribution in [2.24, 2.45) is 4.99 Å². The summed E-state index contributed by atoms with van der Waals surface area (Å²) in [6, 6.07) is 6.19. The van der Waals surface area contributed by atoms with Gasteiger partial charge in [0.05, 0.1) is 13.2 Å². The maximum atomic E-state index is 11.6. The maximum absolute atomic E-state index is 11.6. The van der Waals surface area contributed by atoms with Crippen LogP contribution in [0.2, 0.25) is 0 Å². The molecule has 26 heavy (non-hydrogen) atoms. The summed E-state index contributed by atoms with van der Waals surface area (Å²) in [5, 5.41) is 6.44. The number of carbonyl (C=O) groups is 1. The lowest BCUT2D eigenvalue weighted by Crippen LogP contribution is -2.38. The number of carbonyl (C=O) groups excluding carboxylic acids is 1. The molecule has 1 atom stereocenters. The number of nitrogens with zero attached hydrogens (tertiary/aromatic N) is 2. The van der Waals surface area contributed by atoms with Crippen molar-refractivity contribution in [3.05, 3.63) is 29.3 Å². The van der Waals surface area contributed by atoms with Gasteiger partial charge in [-0.05, 0) is 18.6 Å². The molecule has 0 aromatic heterocycles. The van der Waals surface area contributed by atoms with Crippen molar-refractivity contribution in [2.45, 2.75) is 32.4 Å². The van der Waals surface area contributed by atoms with Crippen LogP contribution in [0.3, 0.4) is 0 Å². The van der Waals surface area contributed by atoms with Gasteiger partial charge >= 0.3 is 0 Å². The smallest absolute Gasteiger partial charge is 0.223 e. The number of guanidine groups is 1. The normalized spacial score (nSPS) is 17.1. The van der Waals surface area contributed by atoms with Gasteiger partial charge in [-0.3, -0.25) is 9.79 Å². The van der Waals surface area contributed by atoms with Crippen LogP contribution in [0.5, 0.6) is 5.75 Å². The third-order valence-electron chi connectivity index (χ3n) is 4.20. The first-order chi connectivity index (χ1) is 12.5. The van der Waals surface area contributed by atoms with Crippen LogP contribution in [0.1, 0.15) is 24.0 Å². The zero-order valence-electron chi connectivity index (χ0n) is 16.2. The first kappa shape index (κ1) is 20.0. The molecule has 7 nitrogen and oxygen atoms in total. The van der Waals surface area contributed by atoms with Crippen LogP contribution in [-0.2, 0) is 16.1 Å². The summed E-state index contributed by atoms with van der Waals surface area (Å²) >= 11 is 0. The van der Waals surface area contributed by atoms with Crippen molar-refractivity contribution in [1.82, 2.24) is 15.5 Å². The van der Waals surface area contributed by atoms with Gasteiger partial charge in [-0.25, -0.2) is 0 Å². The maximum Gasteiger partial charge on any atom is 0.223 e. The number of hydrogen-bond donors (Lipinski definition) is 2. The van der Waals surface area contributed by atoms with E-state index in [-0.39, 0.29) is 12.0 Å². The van der Waals surface area contributed by atoms with Crippen molar-refractivity contribution >= 4 is 11.9 Å². The van der Waals surface area contributed by atoms with Crippen molar-refractivity contribution in [2.75, 3.05) is 40.9 Å². The summed E-state index contributed by atoms with van der Waals surface area (Å²) in [6.45, 7) is 4.57. The molecule has 1 amide bonds. The molecule has 2 N–H and O–H groups in total. The number of benzene rings is 1. The third-order valence-corrected chi connectivity index (χ3v) is 4.20. The molecule has 1 aliphatic heterocycles. The number of aryl methyl sites for hydroxylation is 1. The number of nitrogens with one attached hydrogen (secondary N) is 2. The molecule has 1 aliphatic rings. The molecule has 1 fully saturated rings. The SMILES string of the molecule is CN=C(NCCC(=O)N(C)C)NCc1ccc(C)cc1OC1CCOC1. The largest absolute Gasteiger partial charge is 0.488 e. The van der Waals surface area contributed by atoms with Crippen LogP contribution >= 0.6 is 0 Å². The van der Waals surface area contributed by atoms with E-state index in [1.807, 2.05) is 0 Å².